The third-order valence-corrected chi connectivity index (χ3v) is 2.43. The van der Waals surface area contributed by atoms with Gasteiger partial charge >= 0.3 is 0 Å². The highest BCUT2D eigenvalue weighted by Gasteiger charge is 2.11. The van der Waals surface area contributed by atoms with Gasteiger partial charge in [0.2, 0.25) is 0 Å². The van der Waals surface area contributed by atoms with Gasteiger partial charge in [0.25, 0.3) is 5.91 Å². The van der Waals surface area contributed by atoms with Crippen molar-refractivity contribution in [3.63, 3.8) is 0 Å². The summed E-state index contributed by atoms with van der Waals surface area (Å²) >= 11 is 0. The van der Waals surface area contributed by atoms with E-state index in [9.17, 15) is 4.79 Å². The number of anilines is 1. The third kappa shape index (κ3) is 1.56. The van der Waals surface area contributed by atoms with Crippen LogP contribution in [-0.4, -0.2) is 15.9 Å². The molecule has 0 saturated carbocycles. The number of primary amides is 1. The van der Waals surface area contributed by atoms with E-state index in [2.05, 4.69) is 9.97 Å². The van der Waals surface area contributed by atoms with Crippen LogP contribution in [0.4, 0.5) is 5.82 Å². The first-order chi connectivity index (χ1) is 7.49. The molecule has 0 atom stereocenters. The largest absolute Gasteiger partial charge is 0.383 e. The molecule has 0 radical (unpaired) electrons. The zero-order chi connectivity index (χ0) is 11.9. The molecular weight excluding hydrogens is 204 g/mol. The Labute approximate surface area is 92.5 Å². The minimum atomic E-state index is -0.577. The molecule has 5 heteroatoms. The van der Waals surface area contributed by atoms with Crippen molar-refractivity contribution in [2.24, 2.45) is 5.73 Å². The van der Waals surface area contributed by atoms with Gasteiger partial charge in [-0.15, -0.1) is 0 Å². The molecular formula is C11H12N4O. The first-order valence-electron chi connectivity index (χ1n) is 4.83. The molecule has 2 heterocycles. The number of aromatic nitrogens is 2. The molecule has 0 aliphatic rings. The van der Waals surface area contributed by atoms with Crippen molar-refractivity contribution in [3.8, 4) is 0 Å². The van der Waals surface area contributed by atoms with Crippen LogP contribution in [0.3, 0.4) is 0 Å². The lowest BCUT2D eigenvalue weighted by Crippen LogP contribution is -2.14. The predicted molar refractivity (Wildman–Crippen MR) is 61.9 cm³/mol. The quantitative estimate of drug-likeness (QED) is 0.741. The molecule has 0 spiro atoms. The average molecular weight is 216 g/mol. The Morgan fingerprint density at radius 2 is 1.94 bits per heavy atom. The van der Waals surface area contributed by atoms with Gasteiger partial charge in [0, 0.05) is 11.1 Å². The highest BCUT2D eigenvalue weighted by molar-refractivity contribution is 6.00. The number of hydrogen-bond acceptors (Lipinski definition) is 4. The number of aryl methyl sites for hydroxylation is 2. The predicted octanol–water partition coefficient (Wildman–Crippen LogP) is 0.928. The Balaban J connectivity index is 2.84. The molecule has 2 aromatic heterocycles. The molecule has 0 unspecified atom stereocenters. The maximum absolute atomic E-state index is 11.1. The standard InChI is InChI=1S/C11H12N4O/c1-5-3-6(2)14-11-7(5)4-8(10(13)16)9(12)15-11/h3-4H,1-2H3,(H2,13,16)(H2,12,14,15). The molecule has 4 N–H and O–H groups in total. The molecule has 0 fully saturated rings. The van der Waals surface area contributed by atoms with Crippen LogP contribution in [0.5, 0.6) is 0 Å². The van der Waals surface area contributed by atoms with Crippen molar-refractivity contribution >= 4 is 22.8 Å². The number of amides is 1. The van der Waals surface area contributed by atoms with Gasteiger partial charge in [0.15, 0.2) is 5.65 Å². The minimum absolute atomic E-state index is 0.123. The van der Waals surface area contributed by atoms with Gasteiger partial charge in [-0.1, -0.05) is 0 Å². The van der Waals surface area contributed by atoms with Crippen molar-refractivity contribution in [1.29, 1.82) is 0 Å². The van der Waals surface area contributed by atoms with Crippen LogP contribution in [0.25, 0.3) is 11.0 Å². The average Bonchev–Trinajstić information content (AvgIpc) is 2.15. The molecule has 2 rings (SSSR count). The Hall–Kier alpha value is -2.17. The Kier molecular flexibility index (Phi) is 2.23. The highest BCUT2D eigenvalue weighted by atomic mass is 16.1. The fourth-order valence-corrected chi connectivity index (χ4v) is 1.68. The van der Waals surface area contributed by atoms with Crippen LogP contribution >= 0.6 is 0 Å². The van der Waals surface area contributed by atoms with Gasteiger partial charge in [0.05, 0.1) is 5.56 Å². The summed E-state index contributed by atoms with van der Waals surface area (Å²) in [6.45, 7) is 3.81. The summed E-state index contributed by atoms with van der Waals surface area (Å²) in [4.78, 5) is 19.5. The van der Waals surface area contributed by atoms with E-state index in [0.29, 0.717) is 5.65 Å². The zero-order valence-corrected chi connectivity index (χ0v) is 9.11. The number of nitrogen functional groups attached to an aromatic ring is 1. The van der Waals surface area contributed by atoms with E-state index in [1.165, 1.54) is 0 Å². The number of nitrogens with two attached hydrogens (primary N) is 2. The second-order valence-corrected chi connectivity index (χ2v) is 3.74. The van der Waals surface area contributed by atoms with Crippen molar-refractivity contribution in [2.75, 3.05) is 5.73 Å². The molecule has 82 valence electrons. The number of carbonyl (C=O) groups is 1. The van der Waals surface area contributed by atoms with Crippen molar-refractivity contribution in [3.05, 3.63) is 29.0 Å². The number of carbonyl (C=O) groups excluding carboxylic acids is 1. The summed E-state index contributed by atoms with van der Waals surface area (Å²) in [5.74, 6) is -0.454. The smallest absolute Gasteiger partial charge is 0.252 e. The van der Waals surface area contributed by atoms with Gasteiger partial charge in [-0.3, -0.25) is 4.79 Å². The number of rotatable bonds is 1. The van der Waals surface area contributed by atoms with Gasteiger partial charge < -0.3 is 11.5 Å². The van der Waals surface area contributed by atoms with Crippen molar-refractivity contribution in [2.45, 2.75) is 13.8 Å². The summed E-state index contributed by atoms with van der Waals surface area (Å²) in [5.41, 5.74) is 13.5. The maximum atomic E-state index is 11.1. The normalized spacial score (nSPS) is 10.6. The van der Waals surface area contributed by atoms with E-state index in [1.807, 2.05) is 19.9 Å². The topological polar surface area (TPSA) is 94.9 Å². The Morgan fingerprint density at radius 3 is 2.56 bits per heavy atom. The third-order valence-electron chi connectivity index (χ3n) is 2.43. The SMILES string of the molecule is Cc1cc(C)c2cc(C(N)=O)c(N)nc2n1. The van der Waals surface area contributed by atoms with E-state index in [0.717, 1.165) is 16.6 Å². The van der Waals surface area contributed by atoms with Gasteiger partial charge in [-0.05, 0) is 31.5 Å². The lowest BCUT2D eigenvalue weighted by Gasteiger charge is -2.06. The van der Waals surface area contributed by atoms with Crippen LogP contribution in [0.2, 0.25) is 0 Å². The Bertz CT molecular complexity index is 592. The summed E-state index contributed by atoms with van der Waals surface area (Å²) in [6, 6.07) is 3.56. The van der Waals surface area contributed by atoms with E-state index in [4.69, 9.17) is 11.5 Å². The summed E-state index contributed by atoms with van der Waals surface area (Å²) < 4.78 is 0. The number of nitrogens with zero attached hydrogens (tertiary/aromatic N) is 2. The van der Waals surface area contributed by atoms with E-state index in [-0.39, 0.29) is 11.4 Å². The molecule has 0 bridgehead atoms. The molecule has 16 heavy (non-hydrogen) atoms. The molecule has 0 aromatic carbocycles. The summed E-state index contributed by atoms with van der Waals surface area (Å²) in [7, 11) is 0. The van der Waals surface area contributed by atoms with Gasteiger partial charge in [-0.25, -0.2) is 9.97 Å². The molecule has 2 aromatic rings. The zero-order valence-electron chi connectivity index (χ0n) is 9.11. The number of pyridine rings is 2. The van der Waals surface area contributed by atoms with Crippen LogP contribution in [0.15, 0.2) is 12.1 Å². The highest BCUT2D eigenvalue weighted by Crippen LogP contribution is 2.20. The second-order valence-electron chi connectivity index (χ2n) is 3.74. The molecule has 0 aliphatic carbocycles. The fourth-order valence-electron chi connectivity index (χ4n) is 1.68. The molecule has 1 amide bonds. The number of fused-ring (bicyclic) bond motifs is 1. The van der Waals surface area contributed by atoms with Crippen LogP contribution in [0.1, 0.15) is 21.6 Å². The number of hydrogen-bond donors (Lipinski definition) is 2. The molecule has 0 aliphatic heterocycles. The second kappa shape index (κ2) is 3.44. The monoisotopic (exact) mass is 216 g/mol. The van der Waals surface area contributed by atoms with Gasteiger partial charge in [-0.2, -0.15) is 0 Å². The van der Waals surface area contributed by atoms with E-state index in [1.54, 1.807) is 6.07 Å². The maximum Gasteiger partial charge on any atom is 0.252 e. The van der Waals surface area contributed by atoms with E-state index >= 15 is 0 Å². The molecule has 5 nitrogen and oxygen atoms in total. The van der Waals surface area contributed by atoms with Crippen LogP contribution < -0.4 is 11.5 Å². The van der Waals surface area contributed by atoms with Crippen LogP contribution in [0, 0.1) is 13.8 Å². The van der Waals surface area contributed by atoms with Crippen molar-refractivity contribution in [1.82, 2.24) is 9.97 Å². The van der Waals surface area contributed by atoms with Crippen LogP contribution in [-0.2, 0) is 0 Å². The first-order valence-corrected chi connectivity index (χ1v) is 4.83. The summed E-state index contributed by atoms with van der Waals surface area (Å²) in [5, 5.41) is 0.800. The van der Waals surface area contributed by atoms with E-state index < -0.39 is 5.91 Å². The lowest BCUT2D eigenvalue weighted by molar-refractivity contribution is 0.100. The summed E-state index contributed by atoms with van der Waals surface area (Å²) in [6.07, 6.45) is 0. The fraction of sp³-hybridized carbons (Fsp3) is 0.182. The van der Waals surface area contributed by atoms with Gasteiger partial charge in [0.1, 0.15) is 5.82 Å². The minimum Gasteiger partial charge on any atom is -0.383 e. The van der Waals surface area contributed by atoms with Crippen molar-refractivity contribution < 1.29 is 4.79 Å². The Morgan fingerprint density at radius 1 is 1.25 bits per heavy atom. The molecule has 0 saturated heterocycles. The first kappa shape index (κ1) is 10.4. The lowest BCUT2D eigenvalue weighted by atomic mass is 10.1.